The van der Waals surface area contributed by atoms with Crippen LogP contribution in [-0.4, -0.2) is 30.7 Å². The maximum absolute atomic E-state index is 12.4. The van der Waals surface area contributed by atoms with Crippen LogP contribution in [0.15, 0.2) is 59.3 Å². The van der Waals surface area contributed by atoms with Gasteiger partial charge in [-0.2, -0.15) is 0 Å². The molecule has 7 heteroatoms. The van der Waals surface area contributed by atoms with Gasteiger partial charge >= 0.3 is 0 Å². The molecule has 1 aromatic carbocycles. The quantitative estimate of drug-likeness (QED) is 0.908. The smallest absolute Gasteiger partial charge is 0.274 e. The second kappa shape index (κ2) is 5.27. The molecule has 1 aliphatic rings. The lowest BCUT2D eigenvalue weighted by Gasteiger charge is -2.26. The zero-order valence-electron chi connectivity index (χ0n) is 11.6. The van der Waals surface area contributed by atoms with E-state index in [1.165, 1.54) is 19.3 Å². The van der Waals surface area contributed by atoms with E-state index in [1.54, 1.807) is 36.4 Å². The van der Waals surface area contributed by atoms with Gasteiger partial charge in [-0.25, -0.2) is 13.4 Å². The van der Waals surface area contributed by atoms with Gasteiger partial charge in [0.25, 0.3) is 15.9 Å². The van der Waals surface area contributed by atoms with Crippen molar-refractivity contribution in [3.05, 3.63) is 66.0 Å². The van der Waals surface area contributed by atoms with Gasteiger partial charge in [-0.05, 0) is 18.2 Å². The number of carbonyl (C=O) groups is 1. The fourth-order valence-electron chi connectivity index (χ4n) is 2.08. The third kappa shape index (κ3) is 2.35. The number of carbonyl (C=O) groups excluding carboxylic acids is 1. The van der Waals surface area contributed by atoms with Gasteiger partial charge in [0.15, 0.2) is 0 Å². The normalized spacial score (nSPS) is 15.7. The first-order valence-corrected chi connectivity index (χ1v) is 7.88. The van der Waals surface area contributed by atoms with Crippen LogP contribution in [0.4, 0.5) is 5.82 Å². The standard InChI is InChI=1S/C15H12N3O3S/c1-18-12(15(19)17-14-8-4-5-9-16-14)10-11-6-2-3-7-13(11)22(18,20)21/h2-9H,1H3,(H,16,17,19). The van der Waals surface area contributed by atoms with Crippen LogP contribution in [0.25, 0.3) is 0 Å². The van der Waals surface area contributed by atoms with Crippen LogP contribution in [-0.2, 0) is 14.8 Å². The van der Waals surface area contributed by atoms with Crippen LogP contribution in [0, 0.1) is 6.08 Å². The maximum atomic E-state index is 12.4. The summed E-state index contributed by atoms with van der Waals surface area (Å²) in [7, 11) is -2.43. The van der Waals surface area contributed by atoms with Gasteiger partial charge in [-0.3, -0.25) is 9.10 Å². The highest BCUT2D eigenvalue weighted by Gasteiger charge is 2.33. The number of nitrogens with zero attached hydrogens (tertiary/aromatic N) is 2. The summed E-state index contributed by atoms with van der Waals surface area (Å²) >= 11 is 0. The van der Waals surface area contributed by atoms with Crippen LogP contribution >= 0.6 is 0 Å². The first-order chi connectivity index (χ1) is 10.5. The SMILES string of the molecule is CN1C(C(=O)Nc2ccccn2)=[C]c2ccccc2S1(=O)=O. The Labute approximate surface area is 128 Å². The number of amides is 1. The van der Waals surface area contributed by atoms with Gasteiger partial charge in [0, 0.05) is 24.9 Å². The molecule has 0 aliphatic carbocycles. The summed E-state index contributed by atoms with van der Waals surface area (Å²) in [6.45, 7) is 0. The van der Waals surface area contributed by atoms with Gasteiger partial charge in [0.1, 0.15) is 11.5 Å². The molecule has 1 amide bonds. The summed E-state index contributed by atoms with van der Waals surface area (Å²) in [5, 5.41) is 2.55. The van der Waals surface area contributed by atoms with Gasteiger partial charge in [0.2, 0.25) is 0 Å². The first kappa shape index (κ1) is 14.3. The van der Waals surface area contributed by atoms with Crippen molar-refractivity contribution in [1.82, 2.24) is 9.29 Å². The number of benzene rings is 1. The molecule has 0 bridgehead atoms. The zero-order valence-corrected chi connectivity index (χ0v) is 12.5. The Kier molecular flexibility index (Phi) is 3.42. The van der Waals surface area contributed by atoms with E-state index in [0.29, 0.717) is 11.4 Å². The number of aromatic nitrogens is 1. The minimum atomic E-state index is -3.75. The topological polar surface area (TPSA) is 79.4 Å². The summed E-state index contributed by atoms with van der Waals surface area (Å²) in [5.74, 6) is -0.245. The molecule has 1 aliphatic heterocycles. The summed E-state index contributed by atoms with van der Waals surface area (Å²) in [5.41, 5.74) is 0.288. The minimum absolute atomic E-state index is 0.0793. The maximum Gasteiger partial charge on any atom is 0.274 e. The van der Waals surface area contributed by atoms with E-state index < -0.39 is 15.9 Å². The number of likely N-dealkylation sites (N-methyl/N-ethyl adjacent to an activating group) is 1. The van der Waals surface area contributed by atoms with Crippen molar-refractivity contribution in [3.8, 4) is 0 Å². The monoisotopic (exact) mass is 314 g/mol. The van der Waals surface area contributed by atoms with Gasteiger partial charge in [-0.1, -0.05) is 24.3 Å². The third-order valence-corrected chi connectivity index (χ3v) is 5.03. The zero-order chi connectivity index (χ0) is 15.7. The summed E-state index contributed by atoms with van der Waals surface area (Å²) in [6, 6.07) is 11.5. The molecule has 2 aromatic rings. The van der Waals surface area contributed by atoms with E-state index >= 15 is 0 Å². The highest BCUT2D eigenvalue weighted by molar-refractivity contribution is 7.89. The number of rotatable bonds is 2. The lowest BCUT2D eigenvalue weighted by atomic mass is 10.2. The van der Waals surface area contributed by atoms with Crippen LogP contribution in [0.5, 0.6) is 0 Å². The molecule has 0 spiro atoms. The van der Waals surface area contributed by atoms with E-state index in [0.717, 1.165) is 4.31 Å². The number of anilines is 1. The largest absolute Gasteiger partial charge is 0.305 e. The predicted molar refractivity (Wildman–Crippen MR) is 80.1 cm³/mol. The number of fused-ring (bicyclic) bond motifs is 1. The average molecular weight is 314 g/mol. The predicted octanol–water partition coefficient (Wildman–Crippen LogP) is 1.39. The average Bonchev–Trinajstić information content (AvgIpc) is 2.52. The molecule has 1 N–H and O–H groups in total. The number of hydrogen-bond acceptors (Lipinski definition) is 4. The Hall–Kier alpha value is -2.67. The number of pyridine rings is 1. The third-order valence-electron chi connectivity index (χ3n) is 3.22. The van der Waals surface area contributed by atoms with E-state index in [1.807, 2.05) is 0 Å². The second-order valence-corrected chi connectivity index (χ2v) is 6.55. The summed E-state index contributed by atoms with van der Waals surface area (Å²) in [6.07, 6.45) is 4.38. The van der Waals surface area contributed by atoms with Crippen LogP contribution in [0.3, 0.4) is 0 Å². The van der Waals surface area contributed by atoms with Gasteiger partial charge < -0.3 is 5.32 Å². The molecular weight excluding hydrogens is 302 g/mol. The van der Waals surface area contributed by atoms with Crippen LogP contribution < -0.4 is 5.32 Å². The molecule has 0 saturated heterocycles. The minimum Gasteiger partial charge on any atom is -0.305 e. The van der Waals surface area contributed by atoms with Crippen molar-refractivity contribution in [3.63, 3.8) is 0 Å². The fourth-order valence-corrected chi connectivity index (χ4v) is 3.39. The molecule has 0 saturated carbocycles. The molecule has 1 aromatic heterocycles. The summed E-state index contributed by atoms with van der Waals surface area (Å²) < 4.78 is 25.8. The fraction of sp³-hybridized carbons (Fsp3) is 0.0667. The molecule has 0 fully saturated rings. The van der Waals surface area contributed by atoms with Crippen molar-refractivity contribution in [2.24, 2.45) is 0 Å². The number of hydrogen-bond donors (Lipinski definition) is 1. The van der Waals surface area contributed by atoms with E-state index in [4.69, 9.17) is 0 Å². The number of nitrogens with one attached hydrogen (secondary N) is 1. The molecule has 2 heterocycles. The van der Waals surface area contributed by atoms with Gasteiger partial charge in [0.05, 0.1) is 4.90 Å². The lowest BCUT2D eigenvalue weighted by molar-refractivity contribution is -0.113. The van der Waals surface area contributed by atoms with Crippen molar-refractivity contribution in [2.75, 3.05) is 12.4 Å². The highest BCUT2D eigenvalue weighted by atomic mass is 32.2. The summed E-state index contributed by atoms with van der Waals surface area (Å²) in [4.78, 5) is 16.4. The van der Waals surface area contributed by atoms with E-state index in [9.17, 15) is 13.2 Å². The Bertz CT molecular complexity index is 861. The molecule has 3 rings (SSSR count). The van der Waals surface area contributed by atoms with Crippen molar-refractivity contribution >= 4 is 21.7 Å². The number of sulfonamides is 1. The Balaban J connectivity index is 2.01. The molecule has 1 radical (unpaired) electrons. The molecular formula is C15H12N3O3S. The Morgan fingerprint density at radius 3 is 2.64 bits per heavy atom. The Morgan fingerprint density at radius 2 is 1.91 bits per heavy atom. The Morgan fingerprint density at radius 1 is 1.18 bits per heavy atom. The molecule has 6 nitrogen and oxygen atoms in total. The van der Waals surface area contributed by atoms with Crippen LogP contribution in [0.1, 0.15) is 5.56 Å². The van der Waals surface area contributed by atoms with Crippen molar-refractivity contribution in [1.29, 1.82) is 0 Å². The molecule has 22 heavy (non-hydrogen) atoms. The van der Waals surface area contributed by atoms with E-state index in [-0.39, 0.29) is 10.6 Å². The molecule has 0 atom stereocenters. The first-order valence-electron chi connectivity index (χ1n) is 6.44. The molecule has 0 unspecified atom stereocenters. The van der Waals surface area contributed by atoms with E-state index in [2.05, 4.69) is 16.4 Å². The second-order valence-electron chi connectivity index (χ2n) is 4.61. The lowest BCUT2D eigenvalue weighted by Crippen LogP contribution is -2.36. The van der Waals surface area contributed by atoms with Crippen molar-refractivity contribution in [2.45, 2.75) is 4.90 Å². The molecule has 111 valence electrons. The van der Waals surface area contributed by atoms with Gasteiger partial charge in [-0.15, -0.1) is 0 Å². The highest BCUT2D eigenvalue weighted by Crippen LogP contribution is 2.28. The van der Waals surface area contributed by atoms with Crippen LogP contribution in [0.2, 0.25) is 0 Å². The van der Waals surface area contributed by atoms with Crippen molar-refractivity contribution < 1.29 is 13.2 Å².